The summed E-state index contributed by atoms with van der Waals surface area (Å²) < 4.78 is 53.9. The average Bonchev–Trinajstić information content (AvgIpc) is 2.48. The van der Waals surface area contributed by atoms with Gasteiger partial charge in [0, 0.05) is 5.56 Å². The van der Waals surface area contributed by atoms with Crippen LogP contribution in [0.5, 0.6) is 5.75 Å². The normalized spacial score (nSPS) is 14.1. The number of primary amides is 1. The van der Waals surface area contributed by atoms with E-state index in [1.54, 1.807) is 6.07 Å². The van der Waals surface area contributed by atoms with Gasteiger partial charge >= 0.3 is 6.36 Å². The summed E-state index contributed by atoms with van der Waals surface area (Å²) >= 11 is 0. The van der Waals surface area contributed by atoms with Gasteiger partial charge in [-0.05, 0) is 17.7 Å². The molecule has 0 saturated carbocycles. The van der Waals surface area contributed by atoms with Crippen LogP contribution in [0.1, 0.15) is 11.1 Å². The van der Waals surface area contributed by atoms with Gasteiger partial charge in [0.2, 0.25) is 0 Å². The summed E-state index contributed by atoms with van der Waals surface area (Å²) in [6, 6.07) is 9.51. The molecule has 0 aliphatic heterocycles. The Balaban J connectivity index is 2.58. The fraction of sp³-hybridized carbons (Fsp3) is 0.133. The number of halogens is 4. The summed E-state index contributed by atoms with van der Waals surface area (Å²) in [4.78, 5) is 11.7. The van der Waals surface area contributed by atoms with Gasteiger partial charge in [0.25, 0.3) is 5.91 Å². The first-order valence-corrected chi connectivity index (χ1v) is 6.28. The lowest BCUT2D eigenvalue weighted by Gasteiger charge is -2.26. The zero-order chi connectivity index (χ0) is 17.3. The molecule has 1 unspecified atom stereocenters. The minimum atomic E-state index is -5.13. The third-order valence-corrected chi connectivity index (χ3v) is 3.12. The third kappa shape index (κ3) is 3.42. The molecule has 0 heterocycles. The highest BCUT2D eigenvalue weighted by molar-refractivity contribution is 5.88. The number of benzene rings is 2. The van der Waals surface area contributed by atoms with Crippen molar-refractivity contribution in [1.82, 2.24) is 0 Å². The van der Waals surface area contributed by atoms with Crippen LogP contribution >= 0.6 is 0 Å². The van der Waals surface area contributed by atoms with Crippen molar-refractivity contribution < 1.29 is 32.2 Å². The summed E-state index contributed by atoms with van der Waals surface area (Å²) in [5.41, 5.74) is 2.45. The summed E-state index contributed by atoms with van der Waals surface area (Å²) in [5, 5.41) is 10.6. The lowest BCUT2D eigenvalue weighted by atomic mass is 9.85. The van der Waals surface area contributed by atoms with Crippen molar-refractivity contribution >= 4 is 5.91 Å². The van der Waals surface area contributed by atoms with Gasteiger partial charge in [-0.15, -0.1) is 13.2 Å². The van der Waals surface area contributed by atoms with Crippen molar-refractivity contribution in [2.45, 2.75) is 12.0 Å². The van der Waals surface area contributed by atoms with E-state index >= 15 is 0 Å². The first-order chi connectivity index (χ1) is 10.6. The highest BCUT2D eigenvalue weighted by atomic mass is 19.4. The molecular formula is C15H11F4NO3. The number of amides is 1. The summed E-state index contributed by atoms with van der Waals surface area (Å²) in [6.07, 6.45) is -5.13. The number of hydrogen-bond acceptors (Lipinski definition) is 3. The zero-order valence-corrected chi connectivity index (χ0v) is 11.5. The molecule has 1 amide bonds. The van der Waals surface area contributed by atoms with E-state index in [1.807, 2.05) is 0 Å². The molecule has 0 aliphatic rings. The standard InChI is InChI=1S/C15H11F4NO3/c16-11-7-6-10(8-12(11)23-15(17,18)19)14(22,13(20)21)9-4-2-1-3-5-9/h1-8,22H,(H2,20,21). The van der Waals surface area contributed by atoms with E-state index in [4.69, 9.17) is 5.73 Å². The Kier molecular flexibility index (Phi) is 4.28. The molecule has 0 aromatic heterocycles. The van der Waals surface area contributed by atoms with E-state index in [0.717, 1.165) is 6.07 Å². The van der Waals surface area contributed by atoms with Crippen molar-refractivity contribution in [2.24, 2.45) is 5.73 Å². The van der Waals surface area contributed by atoms with E-state index in [9.17, 15) is 27.5 Å². The molecule has 2 aromatic rings. The second-order valence-corrected chi connectivity index (χ2v) is 4.63. The molecule has 1 atom stereocenters. The molecule has 0 spiro atoms. The summed E-state index contributed by atoms with van der Waals surface area (Å²) in [5.74, 6) is -3.70. The maximum absolute atomic E-state index is 13.5. The Morgan fingerprint density at radius 1 is 1.04 bits per heavy atom. The Labute approximate surface area is 128 Å². The van der Waals surface area contributed by atoms with E-state index in [2.05, 4.69) is 4.74 Å². The lowest BCUT2D eigenvalue weighted by molar-refractivity contribution is -0.275. The van der Waals surface area contributed by atoms with Crippen LogP contribution in [0.15, 0.2) is 48.5 Å². The number of rotatable bonds is 4. The Morgan fingerprint density at radius 2 is 1.65 bits per heavy atom. The van der Waals surface area contributed by atoms with Gasteiger partial charge in [0.1, 0.15) is 0 Å². The molecule has 0 radical (unpaired) electrons. The number of ether oxygens (including phenoxy) is 1. The van der Waals surface area contributed by atoms with Crippen molar-refractivity contribution in [3.63, 3.8) is 0 Å². The molecule has 2 aromatic carbocycles. The molecule has 0 aliphatic carbocycles. The van der Waals surface area contributed by atoms with Gasteiger partial charge in [-0.1, -0.05) is 36.4 Å². The molecule has 4 nitrogen and oxygen atoms in total. The summed E-state index contributed by atoms with van der Waals surface area (Å²) in [7, 11) is 0. The number of aliphatic hydroxyl groups is 1. The average molecular weight is 329 g/mol. The number of carbonyl (C=O) groups is 1. The maximum atomic E-state index is 13.5. The Hall–Kier alpha value is -2.61. The third-order valence-electron chi connectivity index (χ3n) is 3.12. The second-order valence-electron chi connectivity index (χ2n) is 4.63. The molecule has 3 N–H and O–H groups in total. The van der Waals surface area contributed by atoms with Crippen LogP contribution in [0.4, 0.5) is 17.6 Å². The SMILES string of the molecule is NC(=O)C(O)(c1ccccc1)c1ccc(F)c(OC(F)(F)F)c1. The maximum Gasteiger partial charge on any atom is 0.573 e. The van der Waals surface area contributed by atoms with Gasteiger partial charge in [0.05, 0.1) is 0 Å². The molecular weight excluding hydrogens is 318 g/mol. The molecule has 0 bridgehead atoms. The van der Waals surface area contributed by atoms with Crippen LogP contribution in [0, 0.1) is 5.82 Å². The Morgan fingerprint density at radius 3 is 2.17 bits per heavy atom. The monoisotopic (exact) mass is 329 g/mol. The molecule has 122 valence electrons. The largest absolute Gasteiger partial charge is 0.573 e. The topological polar surface area (TPSA) is 72.6 Å². The van der Waals surface area contributed by atoms with Crippen LogP contribution in [0.25, 0.3) is 0 Å². The van der Waals surface area contributed by atoms with Crippen molar-refractivity contribution in [3.05, 3.63) is 65.5 Å². The van der Waals surface area contributed by atoms with E-state index < -0.39 is 29.4 Å². The van der Waals surface area contributed by atoms with Gasteiger partial charge in [0.15, 0.2) is 17.2 Å². The van der Waals surface area contributed by atoms with Crippen molar-refractivity contribution in [2.75, 3.05) is 0 Å². The Bertz CT molecular complexity index is 718. The molecule has 8 heteroatoms. The lowest BCUT2D eigenvalue weighted by Crippen LogP contribution is -2.42. The second kappa shape index (κ2) is 5.88. The minimum Gasteiger partial charge on any atom is -0.403 e. The molecule has 0 fully saturated rings. The van der Waals surface area contributed by atoms with Crippen molar-refractivity contribution in [3.8, 4) is 5.75 Å². The van der Waals surface area contributed by atoms with E-state index in [0.29, 0.717) is 12.1 Å². The predicted octanol–water partition coefficient (Wildman–Crippen LogP) is 2.45. The molecule has 23 heavy (non-hydrogen) atoms. The number of alkyl halides is 3. The van der Waals surface area contributed by atoms with E-state index in [1.165, 1.54) is 24.3 Å². The van der Waals surface area contributed by atoms with Crippen LogP contribution in [-0.2, 0) is 10.4 Å². The molecule has 2 rings (SSSR count). The summed E-state index contributed by atoms with van der Waals surface area (Å²) in [6.45, 7) is 0. The van der Waals surface area contributed by atoms with Gasteiger partial charge in [-0.2, -0.15) is 0 Å². The highest BCUT2D eigenvalue weighted by Gasteiger charge is 2.40. The fourth-order valence-corrected chi connectivity index (χ4v) is 2.06. The zero-order valence-electron chi connectivity index (χ0n) is 11.5. The van der Waals surface area contributed by atoms with Crippen LogP contribution in [0.2, 0.25) is 0 Å². The first-order valence-electron chi connectivity index (χ1n) is 6.28. The number of hydrogen-bond donors (Lipinski definition) is 2. The van der Waals surface area contributed by atoms with Gasteiger partial charge < -0.3 is 15.6 Å². The fourth-order valence-electron chi connectivity index (χ4n) is 2.06. The van der Waals surface area contributed by atoms with Gasteiger partial charge in [-0.25, -0.2) is 4.39 Å². The van der Waals surface area contributed by atoms with Crippen LogP contribution < -0.4 is 10.5 Å². The first kappa shape index (κ1) is 16.8. The van der Waals surface area contributed by atoms with E-state index in [-0.39, 0.29) is 11.1 Å². The van der Waals surface area contributed by atoms with Crippen molar-refractivity contribution in [1.29, 1.82) is 0 Å². The smallest absolute Gasteiger partial charge is 0.403 e. The minimum absolute atomic E-state index is 0.0251. The van der Waals surface area contributed by atoms with Crippen LogP contribution in [0.3, 0.4) is 0 Å². The predicted molar refractivity (Wildman–Crippen MR) is 71.7 cm³/mol. The number of nitrogens with two attached hydrogens (primary N) is 1. The highest BCUT2D eigenvalue weighted by Crippen LogP contribution is 2.34. The van der Waals surface area contributed by atoms with Crippen LogP contribution in [-0.4, -0.2) is 17.4 Å². The number of carbonyl (C=O) groups excluding carboxylic acids is 1. The quantitative estimate of drug-likeness (QED) is 0.846. The molecule has 0 saturated heterocycles. The van der Waals surface area contributed by atoms with Gasteiger partial charge in [-0.3, -0.25) is 4.79 Å².